The molecule has 0 bridgehead atoms. The molecule has 1 aliphatic heterocycles. The second kappa shape index (κ2) is 15.0. The Morgan fingerprint density at radius 2 is 1.79 bits per heavy atom. The summed E-state index contributed by atoms with van der Waals surface area (Å²) in [7, 11) is 5.22. The first kappa shape index (κ1) is 33.3. The Morgan fingerprint density at radius 1 is 1.00 bits per heavy atom. The zero-order chi connectivity index (χ0) is 33.5. The number of aromatic amines is 1. The first-order valence-electron chi connectivity index (χ1n) is 15.8. The molecule has 12 heteroatoms. The molecule has 1 aromatic heterocycles. The smallest absolute Gasteiger partial charge is 0.258 e. The molecule has 1 saturated heterocycles. The van der Waals surface area contributed by atoms with E-state index in [4.69, 9.17) is 9.47 Å². The molecular weight excluding hydrogens is 600 g/mol. The summed E-state index contributed by atoms with van der Waals surface area (Å²) in [6, 6.07) is 15.5. The number of unbranched alkanes of at least 4 members (excludes halogenated alkanes) is 2. The van der Waals surface area contributed by atoms with E-state index in [1.165, 1.54) is 12.0 Å². The molecule has 5 rings (SSSR count). The van der Waals surface area contributed by atoms with Crippen molar-refractivity contribution in [3.8, 4) is 17.4 Å². The number of nitrogens with one attached hydrogen (secondary N) is 2. The number of aryl methyl sites for hydroxylation is 1. The highest BCUT2D eigenvalue weighted by molar-refractivity contribution is 6.14. The summed E-state index contributed by atoms with van der Waals surface area (Å²) in [5.74, 6) is 0.0958. The van der Waals surface area contributed by atoms with Crippen LogP contribution < -0.4 is 19.7 Å². The van der Waals surface area contributed by atoms with Gasteiger partial charge in [0.05, 0.1) is 41.6 Å². The number of nitrogens with zero attached hydrogens (tertiary/aromatic N) is 4. The van der Waals surface area contributed by atoms with Gasteiger partial charge >= 0.3 is 0 Å². The minimum atomic E-state index is -0.468. The number of aromatic hydroxyl groups is 1. The van der Waals surface area contributed by atoms with Gasteiger partial charge in [0, 0.05) is 45.2 Å². The van der Waals surface area contributed by atoms with Crippen molar-refractivity contribution in [3.63, 3.8) is 0 Å². The van der Waals surface area contributed by atoms with E-state index in [0.29, 0.717) is 52.4 Å². The lowest BCUT2D eigenvalue weighted by Gasteiger charge is -2.32. The second-order valence-corrected chi connectivity index (χ2v) is 11.8. The van der Waals surface area contributed by atoms with Crippen LogP contribution in [0.1, 0.15) is 52.0 Å². The van der Waals surface area contributed by atoms with Crippen LogP contribution in [0.5, 0.6) is 17.4 Å². The number of rotatable bonds is 12. The summed E-state index contributed by atoms with van der Waals surface area (Å²) >= 11 is 0. The van der Waals surface area contributed by atoms with Gasteiger partial charge in [0.25, 0.3) is 11.8 Å². The van der Waals surface area contributed by atoms with Crippen LogP contribution in [0.2, 0.25) is 0 Å². The Balaban J connectivity index is 1.19. The van der Waals surface area contributed by atoms with E-state index in [2.05, 4.69) is 27.5 Å². The van der Waals surface area contributed by atoms with Gasteiger partial charge in [0.2, 0.25) is 11.8 Å². The van der Waals surface area contributed by atoms with E-state index in [1.54, 1.807) is 43.4 Å². The van der Waals surface area contributed by atoms with Gasteiger partial charge in [-0.05, 0) is 81.3 Å². The lowest BCUT2D eigenvalue weighted by molar-refractivity contribution is -0.132. The highest BCUT2D eigenvalue weighted by Crippen LogP contribution is 2.33. The van der Waals surface area contributed by atoms with Crippen molar-refractivity contribution in [2.24, 2.45) is 0 Å². The van der Waals surface area contributed by atoms with E-state index in [1.807, 2.05) is 30.0 Å². The maximum atomic E-state index is 13.6. The van der Waals surface area contributed by atoms with Crippen LogP contribution in [0.15, 0.2) is 54.6 Å². The van der Waals surface area contributed by atoms with Gasteiger partial charge in [-0.3, -0.25) is 19.5 Å². The molecule has 1 aliphatic rings. The molecular formula is C35H42N6O6. The van der Waals surface area contributed by atoms with E-state index in [9.17, 15) is 19.5 Å². The molecule has 0 atom stereocenters. The number of aromatic nitrogens is 2. The Bertz CT molecular complexity index is 1750. The number of benzene rings is 3. The molecule has 12 nitrogen and oxygen atoms in total. The van der Waals surface area contributed by atoms with Gasteiger partial charge in [0.1, 0.15) is 11.5 Å². The van der Waals surface area contributed by atoms with E-state index >= 15 is 0 Å². The van der Waals surface area contributed by atoms with Crippen LogP contribution in [-0.2, 0) is 4.79 Å². The highest BCUT2D eigenvalue weighted by Gasteiger charge is 2.22. The first-order chi connectivity index (χ1) is 22.7. The van der Waals surface area contributed by atoms with Gasteiger partial charge in [-0.25, -0.2) is 0 Å². The third-order valence-corrected chi connectivity index (χ3v) is 8.44. The third-order valence-electron chi connectivity index (χ3n) is 8.44. The standard InChI is InChI=1S/C35H42N6O6/c1-23-12-15-28(30(21-23)47-20-7-5-6-11-31(42)41-18-16-39(2)17-19-41)40(3)35(45)24-13-14-26(29(22-24)46-4)36-33(43)25-9-8-10-27-32(25)34(44)38-37-27/h8-10,12-15,21-22H,5-7,11,16-20H2,1-4H3,(H,36,43)(H2,37,38,44). The number of piperazine rings is 1. The Kier molecular flexibility index (Phi) is 10.6. The van der Waals surface area contributed by atoms with Gasteiger partial charge < -0.3 is 34.6 Å². The highest BCUT2D eigenvalue weighted by atomic mass is 16.5. The Hall–Kier alpha value is -5.10. The van der Waals surface area contributed by atoms with Crippen molar-refractivity contribution in [2.45, 2.75) is 32.6 Å². The van der Waals surface area contributed by atoms with Gasteiger partial charge in [-0.15, -0.1) is 5.10 Å². The summed E-state index contributed by atoms with van der Waals surface area (Å²) in [6.45, 7) is 5.87. The molecule has 0 spiro atoms. The van der Waals surface area contributed by atoms with Crippen LogP contribution in [0.25, 0.3) is 10.9 Å². The summed E-state index contributed by atoms with van der Waals surface area (Å²) in [5.41, 5.74) is 3.11. The summed E-state index contributed by atoms with van der Waals surface area (Å²) < 4.78 is 11.7. The molecule has 4 aromatic rings. The fourth-order valence-electron chi connectivity index (χ4n) is 5.63. The van der Waals surface area contributed by atoms with E-state index < -0.39 is 5.91 Å². The monoisotopic (exact) mass is 642 g/mol. The number of likely N-dealkylation sites (N-methyl/N-ethyl adjacent to an activating group) is 1. The number of fused-ring (bicyclic) bond motifs is 1. The first-order valence-corrected chi connectivity index (χ1v) is 15.8. The molecule has 3 aromatic carbocycles. The number of carbonyl (C=O) groups is 3. The van der Waals surface area contributed by atoms with Crippen LogP contribution in [-0.4, -0.2) is 96.8 Å². The lowest BCUT2D eigenvalue weighted by Crippen LogP contribution is -2.47. The molecule has 47 heavy (non-hydrogen) atoms. The van der Waals surface area contributed by atoms with Crippen molar-refractivity contribution in [3.05, 3.63) is 71.3 Å². The number of hydrogen-bond donors (Lipinski definition) is 3. The maximum Gasteiger partial charge on any atom is 0.258 e. The predicted molar refractivity (Wildman–Crippen MR) is 181 cm³/mol. The normalized spacial score (nSPS) is 13.4. The Morgan fingerprint density at radius 3 is 2.55 bits per heavy atom. The van der Waals surface area contributed by atoms with Crippen molar-refractivity contribution < 1.29 is 29.0 Å². The SMILES string of the molecule is COc1cc(C(=O)N(C)c2ccc(C)cc2OCCCCCC(=O)N2CCN(C)CC2)ccc1NC(=O)c1cccc2[nH]nc(O)c12. The number of anilines is 2. The largest absolute Gasteiger partial charge is 0.495 e. The molecule has 0 saturated carbocycles. The second-order valence-electron chi connectivity index (χ2n) is 11.8. The van der Waals surface area contributed by atoms with Crippen LogP contribution in [0.3, 0.4) is 0 Å². The van der Waals surface area contributed by atoms with E-state index in [0.717, 1.165) is 51.0 Å². The Labute approximate surface area is 274 Å². The number of H-pyrrole nitrogens is 1. The van der Waals surface area contributed by atoms with Crippen molar-refractivity contribution in [1.82, 2.24) is 20.0 Å². The van der Waals surface area contributed by atoms with Crippen molar-refractivity contribution >= 4 is 40.0 Å². The number of ether oxygens (including phenoxy) is 2. The lowest BCUT2D eigenvalue weighted by atomic mass is 10.1. The van der Waals surface area contributed by atoms with E-state index in [-0.39, 0.29) is 23.3 Å². The van der Waals surface area contributed by atoms with Crippen molar-refractivity contribution in [2.75, 3.05) is 64.2 Å². The van der Waals surface area contributed by atoms with Gasteiger partial charge in [-0.1, -0.05) is 12.1 Å². The maximum absolute atomic E-state index is 13.6. The molecule has 0 aliphatic carbocycles. The van der Waals surface area contributed by atoms with Crippen LogP contribution >= 0.6 is 0 Å². The average Bonchev–Trinajstić information content (AvgIpc) is 3.46. The fourth-order valence-corrected chi connectivity index (χ4v) is 5.63. The minimum Gasteiger partial charge on any atom is -0.495 e. The zero-order valence-electron chi connectivity index (χ0n) is 27.3. The predicted octanol–water partition coefficient (Wildman–Crippen LogP) is 4.83. The summed E-state index contributed by atoms with van der Waals surface area (Å²) in [4.78, 5) is 45.0. The van der Waals surface area contributed by atoms with Crippen molar-refractivity contribution in [1.29, 1.82) is 0 Å². The molecule has 3 N–H and O–H groups in total. The molecule has 1 fully saturated rings. The third kappa shape index (κ3) is 7.83. The zero-order valence-corrected chi connectivity index (χ0v) is 27.3. The molecule has 0 unspecified atom stereocenters. The summed E-state index contributed by atoms with van der Waals surface area (Å²) in [5, 5.41) is 19.7. The minimum absolute atomic E-state index is 0.222. The molecule has 248 valence electrons. The quantitative estimate of drug-likeness (QED) is 0.187. The molecule has 2 heterocycles. The summed E-state index contributed by atoms with van der Waals surface area (Å²) in [6.07, 6.45) is 3.02. The number of carbonyl (C=O) groups excluding carboxylic acids is 3. The number of methoxy groups -OCH3 is 1. The fraction of sp³-hybridized carbons (Fsp3) is 0.371. The van der Waals surface area contributed by atoms with Gasteiger partial charge in [-0.2, -0.15) is 0 Å². The van der Waals surface area contributed by atoms with Crippen LogP contribution in [0, 0.1) is 6.92 Å². The topological polar surface area (TPSA) is 140 Å². The number of amides is 3. The molecule has 3 amide bonds. The molecule has 0 radical (unpaired) electrons. The number of hydrogen-bond acceptors (Lipinski definition) is 8. The van der Waals surface area contributed by atoms with Crippen LogP contribution in [0.4, 0.5) is 11.4 Å². The van der Waals surface area contributed by atoms with Gasteiger partial charge in [0.15, 0.2) is 0 Å². The average molecular weight is 643 g/mol.